The van der Waals surface area contributed by atoms with Crippen LogP contribution in [0.3, 0.4) is 0 Å². The number of hydrogen-bond acceptors (Lipinski definition) is 4. The van der Waals surface area contributed by atoms with Gasteiger partial charge in [-0.15, -0.1) is 0 Å². The quantitative estimate of drug-likeness (QED) is 0.763. The van der Waals surface area contributed by atoms with Crippen molar-refractivity contribution in [2.75, 3.05) is 44.3 Å². The van der Waals surface area contributed by atoms with Crippen LogP contribution in [0.5, 0.6) is 0 Å². The first-order valence-electron chi connectivity index (χ1n) is 13.2. The predicted molar refractivity (Wildman–Crippen MR) is 127 cm³/mol. The lowest BCUT2D eigenvalue weighted by Crippen LogP contribution is -2.55. The van der Waals surface area contributed by atoms with Gasteiger partial charge in [-0.05, 0) is 92.9 Å². The van der Waals surface area contributed by atoms with Gasteiger partial charge in [0.05, 0.1) is 19.1 Å². The molecule has 6 fully saturated rings. The number of carbonyl (C=O) groups is 2. The Labute approximate surface area is 197 Å². The maximum atomic E-state index is 13.1. The number of ether oxygens (including phenoxy) is 1. The van der Waals surface area contributed by atoms with Crippen molar-refractivity contribution < 1.29 is 14.3 Å². The first kappa shape index (κ1) is 21.5. The molecule has 1 aromatic carbocycles. The molecule has 2 heterocycles. The predicted octanol–water partition coefficient (Wildman–Crippen LogP) is 3.32. The number of hydrogen-bond donors (Lipinski definition) is 1. The molecule has 1 unspecified atom stereocenters. The van der Waals surface area contributed by atoms with Gasteiger partial charge in [0.1, 0.15) is 0 Å². The third-order valence-corrected chi connectivity index (χ3v) is 9.11. The summed E-state index contributed by atoms with van der Waals surface area (Å²) in [5.41, 5.74) is 1.87. The SMILES string of the molecule is O=C(NC1C2CC3CC(C2)CC1C3)c1ccc(N2CCCC(C(=O)N3CCOCC3)C2)cc1. The standard InChI is InChI=1S/C27H37N3O3/c31-26(28-25-22-13-18-12-19(15-22)16-23(25)14-18)20-3-5-24(6-4-20)30-7-1-2-21(17-30)27(32)29-8-10-33-11-9-29/h3-6,18-19,21-23,25H,1-2,7-17H2,(H,28,31). The highest BCUT2D eigenvalue weighted by molar-refractivity contribution is 5.94. The fraction of sp³-hybridized carbons (Fsp3) is 0.704. The molecule has 6 nitrogen and oxygen atoms in total. The van der Waals surface area contributed by atoms with E-state index in [1.54, 1.807) is 0 Å². The van der Waals surface area contributed by atoms with Gasteiger partial charge < -0.3 is 19.9 Å². The Hall–Kier alpha value is -2.08. The summed E-state index contributed by atoms with van der Waals surface area (Å²) >= 11 is 0. The van der Waals surface area contributed by atoms with E-state index in [1.807, 2.05) is 17.0 Å². The zero-order valence-corrected chi connectivity index (χ0v) is 19.6. The van der Waals surface area contributed by atoms with Crippen LogP contribution in [0.4, 0.5) is 5.69 Å². The lowest BCUT2D eigenvalue weighted by molar-refractivity contribution is -0.139. The van der Waals surface area contributed by atoms with E-state index in [9.17, 15) is 9.59 Å². The minimum Gasteiger partial charge on any atom is -0.378 e. The number of anilines is 1. The molecule has 6 heteroatoms. The number of nitrogens with zero attached hydrogens (tertiary/aromatic N) is 2. The Bertz CT molecular complexity index is 851. The second-order valence-corrected chi connectivity index (χ2v) is 11.2. The highest BCUT2D eigenvalue weighted by atomic mass is 16.5. The Balaban J connectivity index is 1.07. The molecule has 4 saturated carbocycles. The molecular weight excluding hydrogens is 414 g/mol. The highest BCUT2D eigenvalue weighted by Crippen LogP contribution is 2.53. The number of rotatable bonds is 4. The number of morpholine rings is 1. The van der Waals surface area contributed by atoms with E-state index in [0.717, 1.165) is 49.0 Å². The molecular formula is C27H37N3O3. The van der Waals surface area contributed by atoms with Gasteiger partial charge in [0, 0.05) is 43.5 Å². The minimum atomic E-state index is 0.0525. The normalized spacial score (nSPS) is 35.5. The molecule has 4 aliphatic carbocycles. The lowest BCUT2D eigenvalue weighted by Gasteiger charge is -2.54. The lowest BCUT2D eigenvalue weighted by atomic mass is 9.54. The topological polar surface area (TPSA) is 61.9 Å². The maximum Gasteiger partial charge on any atom is 0.251 e. The van der Waals surface area contributed by atoms with Crippen LogP contribution < -0.4 is 10.2 Å². The number of nitrogens with one attached hydrogen (secondary N) is 1. The van der Waals surface area contributed by atoms with Gasteiger partial charge in [0.2, 0.25) is 5.91 Å². The molecule has 2 amide bonds. The van der Waals surface area contributed by atoms with Crippen LogP contribution in [0.25, 0.3) is 0 Å². The Morgan fingerprint density at radius 2 is 1.55 bits per heavy atom. The van der Waals surface area contributed by atoms with Crippen molar-refractivity contribution >= 4 is 17.5 Å². The molecule has 33 heavy (non-hydrogen) atoms. The Kier molecular flexibility index (Phi) is 5.81. The largest absolute Gasteiger partial charge is 0.378 e. The number of carbonyl (C=O) groups excluding carboxylic acids is 2. The van der Waals surface area contributed by atoms with Crippen molar-refractivity contribution in [2.45, 2.75) is 51.0 Å². The number of benzene rings is 1. The summed E-state index contributed by atoms with van der Waals surface area (Å²) in [7, 11) is 0. The van der Waals surface area contributed by atoms with Crippen LogP contribution in [0.1, 0.15) is 55.3 Å². The van der Waals surface area contributed by atoms with Gasteiger partial charge in [-0.3, -0.25) is 9.59 Å². The van der Waals surface area contributed by atoms with Gasteiger partial charge in [-0.2, -0.15) is 0 Å². The fourth-order valence-electron chi connectivity index (χ4n) is 7.67. The third kappa shape index (κ3) is 4.27. The van der Waals surface area contributed by atoms with E-state index in [1.165, 1.54) is 32.1 Å². The van der Waals surface area contributed by atoms with Crippen molar-refractivity contribution in [3.8, 4) is 0 Å². The van der Waals surface area contributed by atoms with Crippen molar-refractivity contribution in [1.82, 2.24) is 10.2 Å². The van der Waals surface area contributed by atoms with Gasteiger partial charge in [-0.1, -0.05) is 0 Å². The van der Waals surface area contributed by atoms with Crippen LogP contribution in [0, 0.1) is 29.6 Å². The minimum absolute atomic E-state index is 0.0525. The summed E-state index contributed by atoms with van der Waals surface area (Å²) in [6.07, 6.45) is 8.68. The summed E-state index contributed by atoms with van der Waals surface area (Å²) in [6, 6.07) is 8.43. The zero-order valence-electron chi connectivity index (χ0n) is 19.6. The molecule has 1 aromatic rings. The average molecular weight is 452 g/mol. The Morgan fingerprint density at radius 3 is 2.21 bits per heavy atom. The van der Waals surface area contributed by atoms with Crippen LogP contribution in [0.15, 0.2) is 24.3 Å². The molecule has 2 saturated heterocycles. The van der Waals surface area contributed by atoms with Crippen molar-refractivity contribution in [3.63, 3.8) is 0 Å². The zero-order chi connectivity index (χ0) is 22.4. The third-order valence-electron chi connectivity index (χ3n) is 9.11. The fourth-order valence-corrected chi connectivity index (χ4v) is 7.67. The summed E-state index contributed by atoms with van der Waals surface area (Å²) in [5.74, 6) is 3.63. The second kappa shape index (κ2) is 8.94. The average Bonchev–Trinajstić information content (AvgIpc) is 2.86. The van der Waals surface area contributed by atoms with Crippen molar-refractivity contribution in [2.24, 2.45) is 29.6 Å². The molecule has 178 valence electrons. The van der Waals surface area contributed by atoms with Crippen LogP contribution in [-0.4, -0.2) is 62.1 Å². The van der Waals surface area contributed by atoms with Gasteiger partial charge in [0.25, 0.3) is 5.91 Å². The summed E-state index contributed by atoms with van der Waals surface area (Å²) in [6.45, 7) is 4.44. The molecule has 0 aromatic heterocycles. The van der Waals surface area contributed by atoms with Crippen LogP contribution in [0.2, 0.25) is 0 Å². The summed E-state index contributed by atoms with van der Waals surface area (Å²) in [5, 5.41) is 3.42. The van der Waals surface area contributed by atoms with E-state index >= 15 is 0 Å². The number of piperidine rings is 1. The van der Waals surface area contributed by atoms with Crippen LogP contribution >= 0.6 is 0 Å². The molecule has 4 bridgehead atoms. The van der Waals surface area contributed by atoms with Gasteiger partial charge in [-0.25, -0.2) is 0 Å². The van der Waals surface area contributed by atoms with Crippen LogP contribution in [-0.2, 0) is 9.53 Å². The van der Waals surface area contributed by atoms with Crippen molar-refractivity contribution in [3.05, 3.63) is 29.8 Å². The highest BCUT2D eigenvalue weighted by Gasteiger charge is 2.48. The first-order chi connectivity index (χ1) is 16.1. The van der Waals surface area contributed by atoms with E-state index in [2.05, 4.69) is 22.3 Å². The molecule has 7 rings (SSSR count). The van der Waals surface area contributed by atoms with E-state index in [4.69, 9.17) is 4.74 Å². The maximum absolute atomic E-state index is 13.1. The smallest absolute Gasteiger partial charge is 0.251 e. The van der Waals surface area contributed by atoms with E-state index in [-0.39, 0.29) is 17.7 Å². The first-order valence-corrected chi connectivity index (χ1v) is 13.2. The Morgan fingerprint density at radius 1 is 0.879 bits per heavy atom. The van der Waals surface area contributed by atoms with Crippen molar-refractivity contribution in [1.29, 1.82) is 0 Å². The number of amides is 2. The molecule has 0 spiro atoms. The molecule has 0 radical (unpaired) electrons. The monoisotopic (exact) mass is 451 g/mol. The molecule has 2 aliphatic heterocycles. The van der Waals surface area contributed by atoms with E-state index in [0.29, 0.717) is 44.2 Å². The summed E-state index contributed by atoms with van der Waals surface area (Å²) in [4.78, 5) is 30.3. The summed E-state index contributed by atoms with van der Waals surface area (Å²) < 4.78 is 5.40. The molecule has 6 aliphatic rings. The molecule has 1 N–H and O–H groups in total. The van der Waals surface area contributed by atoms with Gasteiger partial charge >= 0.3 is 0 Å². The molecule has 1 atom stereocenters. The van der Waals surface area contributed by atoms with E-state index < -0.39 is 0 Å². The van der Waals surface area contributed by atoms with Gasteiger partial charge in [0.15, 0.2) is 0 Å². The second-order valence-electron chi connectivity index (χ2n) is 11.2.